The Morgan fingerprint density at radius 3 is 3.00 bits per heavy atom. The molecule has 2 rings (SSSR count). The predicted molar refractivity (Wildman–Crippen MR) is 77.9 cm³/mol. The second-order valence-electron chi connectivity index (χ2n) is 5.27. The molecular weight excluding hydrogens is 254 g/mol. The molecule has 0 aliphatic heterocycles. The molecule has 0 spiro atoms. The largest absolute Gasteiger partial charge is 0.484 e. The fourth-order valence-electron chi connectivity index (χ4n) is 2.42. The van der Waals surface area contributed by atoms with E-state index < -0.39 is 0 Å². The molecular formula is C16H23NO3. The monoisotopic (exact) mass is 277 g/mol. The van der Waals surface area contributed by atoms with Crippen LogP contribution in [0, 0.1) is 0 Å². The van der Waals surface area contributed by atoms with Gasteiger partial charge in [-0.05, 0) is 55.4 Å². The fourth-order valence-corrected chi connectivity index (χ4v) is 2.42. The maximum Gasteiger partial charge on any atom is 0.257 e. The van der Waals surface area contributed by atoms with Crippen LogP contribution in [0.3, 0.4) is 0 Å². The molecule has 1 aliphatic carbocycles. The average Bonchev–Trinajstić information content (AvgIpc) is 2.92. The minimum atomic E-state index is -0.340. The smallest absolute Gasteiger partial charge is 0.257 e. The second kappa shape index (κ2) is 7.29. The van der Waals surface area contributed by atoms with Crippen molar-refractivity contribution in [1.29, 1.82) is 0 Å². The summed E-state index contributed by atoms with van der Waals surface area (Å²) in [6.45, 7) is 2.44. The molecule has 0 heterocycles. The third kappa shape index (κ3) is 4.23. The summed E-state index contributed by atoms with van der Waals surface area (Å²) in [7, 11) is 0. The van der Waals surface area contributed by atoms with E-state index in [0.717, 1.165) is 18.6 Å². The molecule has 0 fully saturated rings. The SMILES string of the molecule is CCC(O)CCNC(=O)COc1ccc2c(c1)CCC2. The third-order valence-electron chi connectivity index (χ3n) is 3.71. The predicted octanol–water partition coefficient (Wildman–Crippen LogP) is 1.83. The van der Waals surface area contributed by atoms with E-state index in [1.54, 1.807) is 0 Å². The number of nitrogens with one attached hydrogen (secondary N) is 1. The van der Waals surface area contributed by atoms with Gasteiger partial charge in [0.25, 0.3) is 5.91 Å². The number of carbonyl (C=O) groups excluding carboxylic acids is 1. The fraction of sp³-hybridized carbons (Fsp3) is 0.562. The Bertz CT molecular complexity index is 459. The molecule has 1 aromatic carbocycles. The van der Waals surface area contributed by atoms with E-state index in [-0.39, 0.29) is 18.6 Å². The van der Waals surface area contributed by atoms with Gasteiger partial charge in [0.1, 0.15) is 5.75 Å². The van der Waals surface area contributed by atoms with Crippen LogP contribution in [0.4, 0.5) is 0 Å². The number of fused-ring (bicyclic) bond motifs is 1. The number of carbonyl (C=O) groups is 1. The van der Waals surface area contributed by atoms with Gasteiger partial charge in [-0.2, -0.15) is 0 Å². The molecule has 1 amide bonds. The van der Waals surface area contributed by atoms with Crippen molar-refractivity contribution in [3.05, 3.63) is 29.3 Å². The van der Waals surface area contributed by atoms with Crippen LogP contribution in [0.5, 0.6) is 5.75 Å². The molecule has 0 aromatic heterocycles. The normalized spacial score (nSPS) is 14.7. The Labute approximate surface area is 120 Å². The van der Waals surface area contributed by atoms with E-state index >= 15 is 0 Å². The minimum Gasteiger partial charge on any atom is -0.484 e. The number of hydrogen-bond acceptors (Lipinski definition) is 3. The average molecular weight is 277 g/mol. The van der Waals surface area contributed by atoms with Gasteiger partial charge in [0, 0.05) is 6.54 Å². The van der Waals surface area contributed by atoms with Crippen molar-refractivity contribution in [2.75, 3.05) is 13.2 Å². The Morgan fingerprint density at radius 2 is 2.20 bits per heavy atom. The summed E-state index contributed by atoms with van der Waals surface area (Å²) < 4.78 is 5.50. The summed E-state index contributed by atoms with van der Waals surface area (Å²) in [4.78, 5) is 11.6. The van der Waals surface area contributed by atoms with Crippen molar-refractivity contribution in [3.8, 4) is 5.75 Å². The quantitative estimate of drug-likeness (QED) is 0.799. The van der Waals surface area contributed by atoms with Gasteiger partial charge in [-0.3, -0.25) is 4.79 Å². The van der Waals surface area contributed by atoms with Crippen molar-refractivity contribution >= 4 is 5.91 Å². The molecule has 1 aromatic rings. The minimum absolute atomic E-state index is 0.0288. The highest BCUT2D eigenvalue weighted by molar-refractivity contribution is 5.77. The van der Waals surface area contributed by atoms with Crippen molar-refractivity contribution in [3.63, 3.8) is 0 Å². The number of hydrogen-bond donors (Lipinski definition) is 2. The van der Waals surface area contributed by atoms with Crippen molar-refractivity contribution < 1.29 is 14.6 Å². The van der Waals surface area contributed by atoms with Crippen LogP contribution in [0.15, 0.2) is 18.2 Å². The Hall–Kier alpha value is -1.55. The Morgan fingerprint density at radius 1 is 1.40 bits per heavy atom. The summed E-state index contributed by atoms with van der Waals surface area (Å²) in [5, 5.41) is 12.1. The van der Waals surface area contributed by atoms with E-state index in [1.807, 2.05) is 19.1 Å². The van der Waals surface area contributed by atoms with Crippen LogP contribution in [-0.4, -0.2) is 30.3 Å². The van der Waals surface area contributed by atoms with E-state index in [9.17, 15) is 9.90 Å². The Kier molecular flexibility index (Phi) is 5.41. The van der Waals surface area contributed by atoms with E-state index in [4.69, 9.17) is 4.74 Å². The lowest BCUT2D eigenvalue weighted by molar-refractivity contribution is -0.123. The molecule has 1 atom stereocenters. The van der Waals surface area contributed by atoms with E-state index in [1.165, 1.54) is 17.5 Å². The molecule has 1 unspecified atom stereocenters. The number of rotatable bonds is 7. The Balaban J connectivity index is 1.71. The highest BCUT2D eigenvalue weighted by Gasteiger charge is 2.11. The van der Waals surface area contributed by atoms with Gasteiger partial charge >= 0.3 is 0 Å². The highest BCUT2D eigenvalue weighted by atomic mass is 16.5. The molecule has 0 radical (unpaired) electrons. The number of amides is 1. The van der Waals surface area contributed by atoms with Gasteiger partial charge in [-0.1, -0.05) is 13.0 Å². The number of ether oxygens (including phenoxy) is 1. The molecule has 0 bridgehead atoms. The first-order valence-corrected chi connectivity index (χ1v) is 7.38. The van der Waals surface area contributed by atoms with Crippen LogP contribution in [0.1, 0.15) is 37.3 Å². The molecule has 0 saturated carbocycles. The van der Waals surface area contributed by atoms with Crippen molar-refractivity contribution in [2.45, 2.75) is 45.1 Å². The van der Waals surface area contributed by atoms with Crippen LogP contribution in [0.25, 0.3) is 0 Å². The summed E-state index contributed by atoms with van der Waals surface area (Å²) in [5.41, 5.74) is 2.74. The third-order valence-corrected chi connectivity index (χ3v) is 3.71. The number of aliphatic hydroxyl groups is 1. The lowest BCUT2D eigenvalue weighted by atomic mass is 10.1. The van der Waals surface area contributed by atoms with Gasteiger partial charge in [-0.15, -0.1) is 0 Å². The maximum atomic E-state index is 11.6. The zero-order chi connectivity index (χ0) is 14.4. The number of aliphatic hydroxyl groups excluding tert-OH is 1. The number of aryl methyl sites for hydroxylation is 2. The lowest BCUT2D eigenvalue weighted by Gasteiger charge is -2.10. The van der Waals surface area contributed by atoms with Crippen LogP contribution >= 0.6 is 0 Å². The number of benzene rings is 1. The van der Waals surface area contributed by atoms with Crippen molar-refractivity contribution in [1.82, 2.24) is 5.32 Å². The molecule has 110 valence electrons. The highest BCUT2D eigenvalue weighted by Crippen LogP contribution is 2.25. The summed E-state index contributed by atoms with van der Waals surface area (Å²) in [6, 6.07) is 6.06. The molecule has 0 saturated heterocycles. The van der Waals surface area contributed by atoms with Crippen LogP contribution in [-0.2, 0) is 17.6 Å². The molecule has 1 aliphatic rings. The molecule has 4 heteroatoms. The first kappa shape index (κ1) is 14.9. The molecule has 2 N–H and O–H groups in total. The second-order valence-corrected chi connectivity index (χ2v) is 5.27. The van der Waals surface area contributed by atoms with Crippen LogP contribution in [0.2, 0.25) is 0 Å². The maximum absolute atomic E-state index is 11.6. The standard InChI is InChI=1S/C16H23NO3/c1-2-14(18)8-9-17-16(19)11-20-15-7-6-12-4-3-5-13(12)10-15/h6-7,10,14,18H,2-5,8-9,11H2,1H3,(H,17,19). The van der Waals surface area contributed by atoms with E-state index in [0.29, 0.717) is 19.4 Å². The molecule has 4 nitrogen and oxygen atoms in total. The zero-order valence-corrected chi connectivity index (χ0v) is 12.0. The van der Waals surface area contributed by atoms with Crippen molar-refractivity contribution in [2.24, 2.45) is 0 Å². The lowest BCUT2D eigenvalue weighted by Crippen LogP contribution is -2.31. The van der Waals surface area contributed by atoms with Gasteiger partial charge in [0.05, 0.1) is 6.10 Å². The first-order valence-electron chi connectivity index (χ1n) is 7.38. The summed E-state index contributed by atoms with van der Waals surface area (Å²) in [6.07, 6.45) is 4.42. The van der Waals surface area contributed by atoms with Gasteiger partial charge < -0.3 is 15.2 Å². The first-order chi connectivity index (χ1) is 9.69. The van der Waals surface area contributed by atoms with Crippen LogP contribution < -0.4 is 10.1 Å². The van der Waals surface area contributed by atoms with Gasteiger partial charge in [0.2, 0.25) is 0 Å². The van der Waals surface area contributed by atoms with Gasteiger partial charge in [0.15, 0.2) is 6.61 Å². The molecule has 20 heavy (non-hydrogen) atoms. The van der Waals surface area contributed by atoms with Gasteiger partial charge in [-0.25, -0.2) is 0 Å². The topological polar surface area (TPSA) is 58.6 Å². The summed E-state index contributed by atoms with van der Waals surface area (Å²) in [5.74, 6) is 0.614. The van der Waals surface area contributed by atoms with E-state index in [2.05, 4.69) is 11.4 Å². The zero-order valence-electron chi connectivity index (χ0n) is 12.0. The summed E-state index contributed by atoms with van der Waals surface area (Å²) >= 11 is 0.